The van der Waals surface area contributed by atoms with Gasteiger partial charge in [-0.3, -0.25) is 9.59 Å². The molecular formula is C22H19FN4O3S. The standard InChI is InChI=1S/C22H19FN4O3S/c1-10-7-15(12(3)31-10)18-9-16(20-11(2)27-30-22(20)26-18)21(29)25-14-5-6-17(23)19(8-14)24-13(4)28/h5-9H,1-4H3,(H,24,28)(H,25,29). The number of anilines is 2. The largest absolute Gasteiger partial charge is 0.335 e. The van der Waals surface area contributed by atoms with Crippen LogP contribution in [-0.2, 0) is 4.79 Å². The summed E-state index contributed by atoms with van der Waals surface area (Å²) < 4.78 is 19.3. The fraction of sp³-hybridized carbons (Fsp3) is 0.182. The van der Waals surface area contributed by atoms with Crippen molar-refractivity contribution in [1.29, 1.82) is 0 Å². The number of benzene rings is 1. The Morgan fingerprint density at radius 3 is 2.55 bits per heavy atom. The maximum atomic E-state index is 13.9. The van der Waals surface area contributed by atoms with Crippen molar-refractivity contribution in [2.24, 2.45) is 0 Å². The van der Waals surface area contributed by atoms with Crippen LogP contribution in [0.25, 0.3) is 22.4 Å². The predicted octanol–water partition coefficient (Wildman–Crippen LogP) is 5.23. The normalized spacial score (nSPS) is 11.0. The summed E-state index contributed by atoms with van der Waals surface area (Å²) in [4.78, 5) is 31.2. The highest BCUT2D eigenvalue weighted by molar-refractivity contribution is 7.12. The summed E-state index contributed by atoms with van der Waals surface area (Å²) in [7, 11) is 0. The fourth-order valence-corrected chi connectivity index (χ4v) is 4.32. The first-order valence-electron chi connectivity index (χ1n) is 9.46. The number of hydrogen-bond acceptors (Lipinski definition) is 6. The van der Waals surface area contributed by atoms with Crippen molar-refractivity contribution in [1.82, 2.24) is 10.1 Å². The zero-order valence-corrected chi connectivity index (χ0v) is 18.1. The van der Waals surface area contributed by atoms with Crippen LogP contribution in [-0.4, -0.2) is 22.0 Å². The number of carbonyl (C=O) groups excluding carboxylic acids is 2. The molecule has 7 nitrogen and oxygen atoms in total. The molecule has 0 saturated heterocycles. The van der Waals surface area contributed by atoms with Gasteiger partial charge in [-0.2, -0.15) is 0 Å². The number of pyridine rings is 1. The van der Waals surface area contributed by atoms with E-state index in [1.54, 1.807) is 24.3 Å². The molecule has 3 heterocycles. The van der Waals surface area contributed by atoms with Crippen molar-refractivity contribution >= 4 is 45.6 Å². The molecule has 0 atom stereocenters. The van der Waals surface area contributed by atoms with Crippen molar-refractivity contribution in [3.05, 3.63) is 57.2 Å². The van der Waals surface area contributed by atoms with Crippen LogP contribution in [0.4, 0.5) is 15.8 Å². The van der Waals surface area contributed by atoms with Crippen molar-refractivity contribution in [3.8, 4) is 11.3 Å². The molecule has 0 aliphatic rings. The van der Waals surface area contributed by atoms with Gasteiger partial charge in [-0.05, 0) is 51.1 Å². The second kappa shape index (κ2) is 7.92. The Morgan fingerprint density at radius 1 is 1.10 bits per heavy atom. The Kier molecular flexibility index (Phi) is 5.28. The lowest BCUT2D eigenvalue weighted by Gasteiger charge is -2.10. The number of rotatable bonds is 4. The van der Waals surface area contributed by atoms with Crippen LogP contribution in [0.3, 0.4) is 0 Å². The molecule has 2 amide bonds. The van der Waals surface area contributed by atoms with Gasteiger partial charge in [0.25, 0.3) is 11.6 Å². The van der Waals surface area contributed by atoms with Gasteiger partial charge in [0.2, 0.25) is 5.91 Å². The topological polar surface area (TPSA) is 97.1 Å². The first-order valence-corrected chi connectivity index (χ1v) is 10.3. The van der Waals surface area contributed by atoms with Crippen molar-refractivity contribution in [2.45, 2.75) is 27.7 Å². The number of amides is 2. The number of fused-ring (bicyclic) bond motifs is 1. The summed E-state index contributed by atoms with van der Waals surface area (Å²) in [5.41, 5.74) is 2.98. The lowest BCUT2D eigenvalue weighted by Crippen LogP contribution is -2.14. The molecule has 31 heavy (non-hydrogen) atoms. The van der Waals surface area contributed by atoms with E-state index in [2.05, 4.69) is 20.8 Å². The van der Waals surface area contributed by atoms with Crippen molar-refractivity contribution in [2.75, 3.05) is 10.6 Å². The Morgan fingerprint density at radius 2 is 1.87 bits per heavy atom. The molecule has 4 aromatic rings. The average Bonchev–Trinajstić information content (AvgIpc) is 3.24. The van der Waals surface area contributed by atoms with Crippen LogP contribution in [0.5, 0.6) is 0 Å². The van der Waals surface area contributed by atoms with Gasteiger partial charge in [-0.1, -0.05) is 5.16 Å². The third kappa shape index (κ3) is 4.04. The Labute approximate surface area is 181 Å². The lowest BCUT2D eigenvalue weighted by atomic mass is 10.1. The molecule has 0 saturated carbocycles. The zero-order chi connectivity index (χ0) is 22.3. The first-order chi connectivity index (χ1) is 14.7. The van der Waals surface area contributed by atoms with E-state index >= 15 is 0 Å². The molecule has 0 aliphatic heterocycles. The number of nitrogens with zero attached hydrogens (tertiary/aromatic N) is 2. The smallest absolute Gasteiger partial charge is 0.259 e. The molecule has 0 fully saturated rings. The number of thiophene rings is 1. The molecule has 1 aromatic carbocycles. The van der Waals surface area contributed by atoms with Gasteiger partial charge in [0.1, 0.15) is 5.82 Å². The Hall–Kier alpha value is -3.59. The molecule has 158 valence electrons. The van der Waals surface area contributed by atoms with E-state index in [0.29, 0.717) is 28.0 Å². The van der Waals surface area contributed by atoms with Crippen LogP contribution in [0, 0.1) is 26.6 Å². The van der Waals surface area contributed by atoms with Crippen LogP contribution >= 0.6 is 11.3 Å². The first kappa shape index (κ1) is 20.7. The number of hydrogen-bond donors (Lipinski definition) is 2. The predicted molar refractivity (Wildman–Crippen MR) is 118 cm³/mol. The third-order valence-corrected chi connectivity index (χ3v) is 5.68. The molecule has 9 heteroatoms. The van der Waals surface area contributed by atoms with Gasteiger partial charge < -0.3 is 15.2 Å². The van der Waals surface area contributed by atoms with Crippen molar-refractivity contribution in [3.63, 3.8) is 0 Å². The maximum Gasteiger partial charge on any atom is 0.259 e. The number of nitrogens with one attached hydrogen (secondary N) is 2. The van der Waals surface area contributed by atoms with Gasteiger partial charge in [0, 0.05) is 27.9 Å². The molecule has 0 radical (unpaired) electrons. The van der Waals surface area contributed by atoms with Gasteiger partial charge >= 0.3 is 0 Å². The van der Waals surface area contributed by atoms with Gasteiger partial charge in [-0.25, -0.2) is 9.37 Å². The quantitative estimate of drug-likeness (QED) is 0.455. The van der Waals surface area contributed by atoms with E-state index in [0.717, 1.165) is 15.3 Å². The summed E-state index contributed by atoms with van der Waals surface area (Å²) in [5, 5.41) is 9.62. The molecule has 2 N–H and O–H groups in total. The molecule has 4 rings (SSSR count). The second-order valence-corrected chi connectivity index (χ2v) is 8.62. The van der Waals surface area contributed by atoms with E-state index in [-0.39, 0.29) is 11.4 Å². The van der Waals surface area contributed by atoms with Crippen molar-refractivity contribution < 1.29 is 18.5 Å². The number of aryl methyl sites for hydroxylation is 3. The Balaban J connectivity index is 1.76. The van der Waals surface area contributed by atoms with Gasteiger partial charge in [-0.15, -0.1) is 11.3 Å². The molecule has 0 bridgehead atoms. The van der Waals surface area contributed by atoms with Crippen LogP contribution in [0.15, 0.2) is 34.9 Å². The number of aromatic nitrogens is 2. The molecule has 0 aliphatic carbocycles. The summed E-state index contributed by atoms with van der Waals surface area (Å²) in [6, 6.07) is 7.68. The number of carbonyl (C=O) groups is 2. The van der Waals surface area contributed by atoms with Gasteiger partial charge in [0.05, 0.1) is 28.0 Å². The highest BCUT2D eigenvalue weighted by Crippen LogP contribution is 2.33. The monoisotopic (exact) mass is 438 g/mol. The SMILES string of the molecule is CC(=O)Nc1cc(NC(=O)c2cc(-c3cc(C)sc3C)nc3onc(C)c23)ccc1F. The minimum Gasteiger partial charge on any atom is -0.335 e. The van der Waals surface area contributed by atoms with Crippen LogP contribution in [0.1, 0.15) is 32.7 Å². The second-order valence-electron chi connectivity index (χ2n) is 7.16. The number of halogens is 1. The summed E-state index contributed by atoms with van der Waals surface area (Å²) >= 11 is 1.64. The van der Waals surface area contributed by atoms with E-state index in [1.807, 2.05) is 19.9 Å². The van der Waals surface area contributed by atoms with E-state index in [4.69, 9.17) is 4.52 Å². The maximum absolute atomic E-state index is 13.9. The molecule has 3 aromatic heterocycles. The average molecular weight is 438 g/mol. The zero-order valence-electron chi connectivity index (χ0n) is 17.3. The molecular weight excluding hydrogens is 419 g/mol. The minimum atomic E-state index is -0.597. The lowest BCUT2D eigenvalue weighted by molar-refractivity contribution is -0.114. The van der Waals surface area contributed by atoms with E-state index in [1.165, 1.54) is 25.1 Å². The summed E-state index contributed by atoms with van der Waals surface area (Å²) in [6.07, 6.45) is 0. The fourth-order valence-electron chi connectivity index (χ4n) is 3.38. The van der Waals surface area contributed by atoms with E-state index < -0.39 is 17.6 Å². The Bertz CT molecular complexity index is 1340. The van der Waals surface area contributed by atoms with Crippen LogP contribution in [0.2, 0.25) is 0 Å². The van der Waals surface area contributed by atoms with Crippen LogP contribution < -0.4 is 10.6 Å². The van der Waals surface area contributed by atoms with Gasteiger partial charge in [0.15, 0.2) is 0 Å². The third-order valence-electron chi connectivity index (χ3n) is 4.71. The summed E-state index contributed by atoms with van der Waals surface area (Å²) in [5.74, 6) is -1.44. The summed E-state index contributed by atoms with van der Waals surface area (Å²) in [6.45, 7) is 7.01. The highest BCUT2D eigenvalue weighted by Gasteiger charge is 2.21. The minimum absolute atomic E-state index is 0.0172. The molecule has 0 unspecified atom stereocenters. The molecule has 0 spiro atoms. The van der Waals surface area contributed by atoms with E-state index in [9.17, 15) is 14.0 Å². The highest BCUT2D eigenvalue weighted by atomic mass is 32.1.